The molecule has 5 nitrogen and oxygen atoms in total. The van der Waals surface area contributed by atoms with Crippen LogP contribution in [-0.4, -0.2) is 28.3 Å². The Balaban J connectivity index is 2.91. The summed E-state index contributed by atoms with van der Waals surface area (Å²) in [6, 6.07) is 0. The molecule has 1 aromatic rings. The van der Waals surface area contributed by atoms with E-state index in [9.17, 15) is 0 Å². The van der Waals surface area contributed by atoms with E-state index in [1.807, 2.05) is 6.92 Å². The molecule has 0 spiro atoms. The summed E-state index contributed by atoms with van der Waals surface area (Å²) in [7, 11) is 0. The summed E-state index contributed by atoms with van der Waals surface area (Å²) in [5, 5.41) is 7.17. The van der Waals surface area contributed by atoms with Crippen LogP contribution in [-0.2, 0) is 16.8 Å². The number of nitrogens with one attached hydrogen (secondary N) is 1. The molecule has 0 radical (unpaired) electrons. The summed E-state index contributed by atoms with van der Waals surface area (Å²) in [5.74, 6) is 1.59. The van der Waals surface area contributed by atoms with E-state index >= 15 is 0 Å². The van der Waals surface area contributed by atoms with Gasteiger partial charge in [0.15, 0.2) is 5.82 Å². The van der Waals surface area contributed by atoms with Crippen molar-refractivity contribution in [3.05, 3.63) is 11.6 Å². The van der Waals surface area contributed by atoms with Crippen molar-refractivity contribution in [3.8, 4) is 0 Å². The molecule has 0 amide bonds. The Labute approximate surface area is 96.8 Å². The van der Waals surface area contributed by atoms with Crippen molar-refractivity contribution >= 4 is 0 Å². The fourth-order valence-corrected chi connectivity index (χ4v) is 1.86. The van der Waals surface area contributed by atoms with E-state index in [1.165, 1.54) is 0 Å². The molecule has 0 unspecified atom stereocenters. The van der Waals surface area contributed by atoms with E-state index in [2.05, 4.69) is 29.0 Å². The van der Waals surface area contributed by atoms with Gasteiger partial charge in [-0.3, -0.25) is 5.10 Å². The van der Waals surface area contributed by atoms with Gasteiger partial charge in [0.25, 0.3) is 0 Å². The van der Waals surface area contributed by atoms with Crippen LogP contribution < -0.4 is 5.73 Å². The molecule has 16 heavy (non-hydrogen) atoms. The third-order valence-corrected chi connectivity index (χ3v) is 2.88. The molecule has 0 aromatic carbocycles. The summed E-state index contributed by atoms with van der Waals surface area (Å²) >= 11 is 0. The maximum absolute atomic E-state index is 5.83. The molecule has 0 aliphatic carbocycles. The number of hydrogen-bond donors (Lipinski definition) is 2. The van der Waals surface area contributed by atoms with E-state index in [0.29, 0.717) is 13.2 Å². The van der Waals surface area contributed by atoms with E-state index in [-0.39, 0.29) is 5.60 Å². The average molecular weight is 226 g/mol. The lowest BCUT2D eigenvalue weighted by Crippen LogP contribution is -2.30. The summed E-state index contributed by atoms with van der Waals surface area (Å²) in [5.41, 5.74) is 5.13. The lowest BCUT2D eigenvalue weighted by molar-refractivity contribution is -0.0569. The second-order valence-corrected chi connectivity index (χ2v) is 3.78. The van der Waals surface area contributed by atoms with Gasteiger partial charge in [0.1, 0.15) is 11.4 Å². The highest BCUT2D eigenvalue weighted by molar-refractivity contribution is 5.03. The number of ether oxygens (including phenoxy) is 1. The number of nitrogens with zero attached hydrogens (tertiary/aromatic N) is 2. The van der Waals surface area contributed by atoms with Crippen molar-refractivity contribution in [2.24, 2.45) is 5.73 Å². The van der Waals surface area contributed by atoms with E-state index in [4.69, 9.17) is 10.5 Å². The first kappa shape index (κ1) is 13.1. The lowest BCUT2D eigenvalue weighted by Gasteiger charge is -2.28. The smallest absolute Gasteiger partial charge is 0.182 e. The molecule has 92 valence electrons. The standard InChI is InChI=1S/C11H22N4O/c1-4-11(5-2,16-6-3)10-13-9(7-8-12)14-15-10/h4-8,12H2,1-3H3,(H,13,14,15). The van der Waals surface area contributed by atoms with Crippen LogP contribution in [0.2, 0.25) is 0 Å². The van der Waals surface area contributed by atoms with Gasteiger partial charge in [-0.15, -0.1) is 0 Å². The van der Waals surface area contributed by atoms with Gasteiger partial charge < -0.3 is 10.5 Å². The predicted octanol–water partition coefficient (Wildman–Crippen LogP) is 1.36. The molecule has 3 N–H and O–H groups in total. The molecule has 0 saturated carbocycles. The number of hydrogen-bond acceptors (Lipinski definition) is 4. The van der Waals surface area contributed by atoms with Gasteiger partial charge in [0.05, 0.1) is 0 Å². The highest BCUT2D eigenvalue weighted by Gasteiger charge is 2.33. The van der Waals surface area contributed by atoms with Crippen molar-refractivity contribution < 1.29 is 4.74 Å². The molecule has 1 aromatic heterocycles. The van der Waals surface area contributed by atoms with E-state index in [0.717, 1.165) is 30.9 Å². The fourth-order valence-electron chi connectivity index (χ4n) is 1.86. The molecule has 1 rings (SSSR count). The number of aromatic amines is 1. The van der Waals surface area contributed by atoms with E-state index in [1.54, 1.807) is 0 Å². The lowest BCUT2D eigenvalue weighted by atomic mass is 9.96. The molecular formula is C11H22N4O. The molecule has 0 saturated heterocycles. The zero-order valence-electron chi connectivity index (χ0n) is 10.4. The number of rotatable bonds is 7. The van der Waals surface area contributed by atoms with Gasteiger partial charge in [0.2, 0.25) is 0 Å². The molecule has 0 bridgehead atoms. The van der Waals surface area contributed by atoms with Crippen molar-refractivity contribution in [2.75, 3.05) is 13.2 Å². The van der Waals surface area contributed by atoms with Crippen molar-refractivity contribution in [2.45, 2.75) is 45.6 Å². The zero-order valence-corrected chi connectivity index (χ0v) is 10.4. The first-order chi connectivity index (χ1) is 7.72. The van der Waals surface area contributed by atoms with Crippen molar-refractivity contribution in [1.82, 2.24) is 15.2 Å². The Kier molecular flexibility index (Phi) is 4.89. The molecule has 0 aliphatic rings. The van der Waals surface area contributed by atoms with Gasteiger partial charge in [0, 0.05) is 13.0 Å². The maximum Gasteiger partial charge on any atom is 0.182 e. The normalized spacial score (nSPS) is 12.0. The highest BCUT2D eigenvalue weighted by atomic mass is 16.5. The second-order valence-electron chi connectivity index (χ2n) is 3.78. The SMILES string of the molecule is CCOC(CC)(CC)c1n[nH]c(CCN)n1. The topological polar surface area (TPSA) is 76.8 Å². The van der Waals surface area contributed by atoms with Crippen LogP contribution in [0.1, 0.15) is 45.3 Å². The number of H-pyrrole nitrogens is 1. The van der Waals surface area contributed by atoms with Crippen LogP contribution in [0.4, 0.5) is 0 Å². The van der Waals surface area contributed by atoms with Crippen LogP contribution >= 0.6 is 0 Å². The summed E-state index contributed by atoms with van der Waals surface area (Å²) in [6.07, 6.45) is 2.47. The van der Waals surface area contributed by atoms with Gasteiger partial charge >= 0.3 is 0 Å². The average Bonchev–Trinajstić information content (AvgIpc) is 2.76. The predicted molar refractivity (Wildman–Crippen MR) is 63.0 cm³/mol. The first-order valence-corrected chi connectivity index (χ1v) is 5.98. The maximum atomic E-state index is 5.83. The Bertz CT molecular complexity index is 307. The minimum absolute atomic E-state index is 0.349. The Morgan fingerprint density at radius 1 is 1.31 bits per heavy atom. The molecule has 0 fully saturated rings. The third-order valence-electron chi connectivity index (χ3n) is 2.88. The Morgan fingerprint density at radius 2 is 2.00 bits per heavy atom. The minimum atomic E-state index is -0.349. The second kappa shape index (κ2) is 5.96. The molecule has 5 heteroatoms. The van der Waals surface area contributed by atoms with Gasteiger partial charge in [-0.2, -0.15) is 5.10 Å². The molecule has 0 atom stereocenters. The van der Waals surface area contributed by atoms with Crippen LogP contribution in [0.25, 0.3) is 0 Å². The monoisotopic (exact) mass is 226 g/mol. The van der Waals surface area contributed by atoms with Crippen LogP contribution in [0, 0.1) is 0 Å². The van der Waals surface area contributed by atoms with Gasteiger partial charge in [-0.25, -0.2) is 4.98 Å². The zero-order chi connectivity index (χ0) is 12.0. The molecule has 1 heterocycles. The van der Waals surface area contributed by atoms with Gasteiger partial charge in [-0.05, 0) is 26.3 Å². The third kappa shape index (κ3) is 2.59. The minimum Gasteiger partial charge on any atom is -0.367 e. The Morgan fingerprint density at radius 3 is 2.50 bits per heavy atom. The molecular weight excluding hydrogens is 204 g/mol. The van der Waals surface area contributed by atoms with Crippen molar-refractivity contribution in [1.29, 1.82) is 0 Å². The van der Waals surface area contributed by atoms with Crippen LogP contribution in [0.15, 0.2) is 0 Å². The quantitative estimate of drug-likeness (QED) is 0.736. The Hall–Kier alpha value is -0.940. The molecule has 0 aliphatic heterocycles. The highest BCUT2D eigenvalue weighted by Crippen LogP contribution is 2.30. The summed E-state index contributed by atoms with van der Waals surface area (Å²) in [4.78, 5) is 4.46. The van der Waals surface area contributed by atoms with Crippen LogP contribution in [0.3, 0.4) is 0 Å². The summed E-state index contributed by atoms with van der Waals surface area (Å²) < 4.78 is 5.83. The first-order valence-electron chi connectivity index (χ1n) is 5.98. The number of aromatic nitrogens is 3. The number of nitrogens with two attached hydrogens (primary N) is 1. The fraction of sp³-hybridized carbons (Fsp3) is 0.818. The van der Waals surface area contributed by atoms with Crippen LogP contribution in [0.5, 0.6) is 0 Å². The largest absolute Gasteiger partial charge is 0.367 e. The summed E-state index contributed by atoms with van der Waals surface area (Å²) in [6.45, 7) is 7.43. The van der Waals surface area contributed by atoms with Gasteiger partial charge in [-0.1, -0.05) is 13.8 Å². The van der Waals surface area contributed by atoms with Crippen molar-refractivity contribution in [3.63, 3.8) is 0 Å². The van der Waals surface area contributed by atoms with E-state index < -0.39 is 0 Å².